The summed E-state index contributed by atoms with van der Waals surface area (Å²) < 4.78 is 9.94. The molecule has 1 aromatic rings. The summed E-state index contributed by atoms with van der Waals surface area (Å²) in [7, 11) is 0. The minimum Gasteiger partial charge on any atom is -0.462 e. The maximum Gasteiger partial charge on any atom is 0.340 e. The van der Waals surface area contributed by atoms with Gasteiger partial charge in [0.1, 0.15) is 17.9 Å². The summed E-state index contributed by atoms with van der Waals surface area (Å²) in [6, 6.07) is 3.32. The lowest BCUT2D eigenvalue weighted by atomic mass is 10.0. The highest BCUT2D eigenvalue weighted by Gasteiger charge is 2.29. The Balaban J connectivity index is 2.28. The minimum atomic E-state index is -1.04. The highest BCUT2D eigenvalue weighted by atomic mass is 16.5. The van der Waals surface area contributed by atoms with Gasteiger partial charge in [0.15, 0.2) is 0 Å². The topological polar surface area (TPSA) is 68.7 Å². The van der Waals surface area contributed by atoms with Crippen LogP contribution in [0, 0.1) is 0 Å². The predicted molar refractivity (Wildman–Crippen MR) is 54.5 cm³/mol. The zero-order valence-corrected chi connectivity index (χ0v) is 8.71. The van der Waals surface area contributed by atoms with Crippen LogP contribution in [0.1, 0.15) is 18.6 Å². The van der Waals surface area contributed by atoms with Crippen molar-refractivity contribution in [1.29, 1.82) is 0 Å². The third-order valence-electron chi connectivity index (χ3n) is 2.20. The minimum absolute atomic E-state index is 0.0855. The van der Waals surface area contributed by atoms with Gasteiger partial charge in [-0.25, -0.2) is 9.78 Å². The number of esters is 1. The monoisotopic (exact) mass is 221 g/mol. The standard InChI is InChI=1S/C11H11NO4/c1-2-15-11(14)8-6-16-10-7(9(8)13)4-3-5-12-10/h3-6,9,13H,2H2,1H3. The summed E-state index contributed by atoms with van der Waals surface area (Å²) in [5, 5.41) is 9.93. The molecule has 1 aliphatic rings. The van der Waals surface area contributed by atoms with Crippen LogP contribution in [0.15, 0.2) is 30.2 Å². The number of hydrogen-bond acceptors (Lipinski definition) is 5. The molecule has 0 radical (unpaired) electrons. The number of pyridine rings is 1. The van der Waals surface area contributed by atoms with Crippen molar-refractivity contribution in [2.75, 3.05) is 6.61 Å². The molecule has 0 amide bonds. The smallest absolute Gasteiger partial charge is 0.340 e. The molecule has 1 aliphatic heterocycles. The molecule has 0 saturated carbocycles. The third-order valence-corrected chi connectivity index (χ3v) is 2.20. The molecule has 16 heavy (non-hydrogen) atoms. The summed E-state index contributed by atoms with van der Waals surface area (Å²) in [5.74, 6) is -0.271. The number of nitrogens with zero attached hydrogens (tertiary/aromatic N) is 1. The molecule has 84 valence electrons. The normalized spacial score (nSPS) is 18.1. The van der Waals surface area contributed by atoms with Crippen LogP contribution < -0.4 is 4.74 Å². The third kappa shape index (κ3) is 1.77. The molecule has 5 heteroatoms. The molecule has 0 aliphatic carbocycles. The van der Waals surface area contributed by atoms with Crippen molar-refractivity contribution in [2.45, 2.75) is 13.0 Å². The van der Waals surface area contributed by atoms with Gasteiger partial charge in [0.25, 0.3) is 0 Å². The fourth-order valence-electron chi connectivity index (χ4n) is 1.44. The molecule has 1 N–H and O–H groups in total. The molecule has 2 rings (SSSR count). The Morgan fingerprint density at radius 3 is 3.25 bits per heavy atom. The van der Waals surface area contributed by atoms with Crippen LogP contribution in [0.2, 0.25) is 0 Å². The predicted octanol–water partition coefficient (Wildman–Crippen LogP) is 0.954. The van der Waals surface area contributed by atoms with Gasteiger partial charge in [-0.05, 0) is 19.1 Å². The van der Waals surface area contributed by atoms with Gasteiger partial charge in [-0.2, -0.15) is 0 Å². The lowest BCUT2D eigenvalue weighted by Gasteiger charge is -2.20. The van der Waals surface area contributed by atoms with Crippen molar-refractivity contribution in [3.8, 4) is 5.88 Å². The second-order valence-corrected chi connectivity index (χ2v) is 3.21. The first-order valence-electron chi connectivity index (χ1n) is 4.91. The van der Waals surface area contributed by atoms with Crippen LogP contribution in [0.4, 0.5) is 0 Å². The van der Waals surface area contributed by atoms with Crippen LogP contribution in [-0.2, 0) is 9.53 Å². The molecule has 0 fully saturated rings. The number of ether oxygens (including phenoxy) is 2. The fraction of sp³-hybridized carbons (Fsp3) is 0.273. The SMILES string of the molecule is CCOC(=O)C1=COc2ncccc2C1O. The summed E-state index contributed by atoms with van der Waals surface area (Å²) in [4.78, 5) is 15.4. The Labute approximate surface area is 92.3 Å². The lowest BCUT2D eigenvalue weighted by molar-refractivity contribution is -0.140. The number of hydrogen-bond donors (Lipinski definition) is 1. The van der Waals surface area contributed by atoms with Crippen molar-refractivity contribution < 1.29 is 19.4 Å². The number of carbonyl (C=O) groups excluding carboxylic acids is 1. The van der Waals surface area contributed by atoms with Crippen LogP contribution >= 0.6 is 0 Å². The van der Waals surface area contributed by atoms with E-state index in [1.807, 2.05) is 0 Å². The quantitative estimate of drug-likeness (QED) is 0.753. The van der Waals surface area contributed by atoms with E-state index in [1.54, 1.807) is 25.3 Å². The Morgan fingerprint density at radius 2 is 2.50 bits per heavy atom. The Bertz CT molecular complexity index is 441. The molecule has 2 heterocycles. The van der Waals surface area contributed by atoms with Crippen molar-refractivity contribution in [2.24, 2.45) is 0 Å². The molecule has 0 aromatic carbocycles. The average molecular weight is 221 g/mol. The Kier molecular flexibility index (Phi) is 2.87. The van der Waals surface area contributed by atoms with Crippen LogP contribution in [-0.4, -0.2) is 22.7 Å². The van der Waals surface area contributed by atoms with Gasteiger partial charge >= 0.3 is 5.97 Å². The summed E-state index contributed by atoms with van der Waals surface area (Å²) >= 11 is 0. The van der Waals surface area contributed by atoms with Crippen LogP contribution in [0.5, 0.6) is 5.88 Å². The largest absolute Gasteiger partial charge is 0.462 e. The summed E-state index contributed by atoms with van der Waals surface area (Å²) in [6.07, 6.45) is 1.68. The highest BCUT2D eigenvalue weighted by Crippen LogP contribution is 2.32. The van der Waals surface area contributed by atoms with E-state index < -0.39 is 12.1 Å². The molecule has 0 bridgehead atoms. The molecule has 0 saturated heterocycles. The van der Waals surface area contributed by atoms with Crippen molar-refractivity contribution in [1.82, 2.24) is 4.98 Å². The zero-order chi connectivity index (χ0) is 11.5. The van der Waals surface area contributed by atoms with Gasteiger partial charge < -0.3 is 14.6 Å². The van der Waals surface area contributed by atoms with E-state index in [4.69, 9.17) is 9.47 Å². The summed E-state index contributed by atoms with van der Waals surface area (Å²) in [6.45, 7) is 1.95. The van der Waals surface area contributed by atoms with Crippen molar-refractivity contribution in [3.05, 3.63) is 35.7 Å². The number of rotatable bonds is 2. The average Bonchev–Trinajstić information content (AvgIpc) is 2.30. The maximum absolute atomic E-state index is 11.5. The molecule has 0 spiro atoms. The molecular formula is C11H11NO4. The maximum atomic E-state index is 11.5. The van der Waals surface area contributed by atoms with Gasteiger partial charge in [-0.3, -0.25) is 0 Å². The first-order chi connectivity index (χ1) is 7.74. The highest BCUT2D eigenvalue weighted by molar-refractivity contribution is 5.90. The number of fused-ring (bicyclic) bond motifs is 1. The van der Waals surface area contributed by atoms with Crippen molar-refractivity contribution in [3.63, 3.8) is 0 Å². The molecule has 1 atom stereocenters. The van der Waals surface area contributed by atoms with E-state index in [9.17, 15) is 9.90 Å². The van der Waals surface area contributed by atoms with Gasteiger partial charge in [-0.1, -0.05) is 0 Å². The summed E-state index contributed by atoms with van der Waals surface area (Å²) in [5.41, 5.74) is 0.551. The number of carbonyl (C=O) groups is 1. The van der Waals surface area contributed by atoms with Crippen LogP contribution in [0.3, 0.4) is 0 Å². The van der Waals surface area contributed by atoms with E-state index >= 15 is 0 Å². The first kappa shape index (κ1) is 10.6. The van der Waals surface area contributed by atoms with Crippen LogP contribution in [0.25, 0.3) is 0 Å². The second-order valence-electron chi connectivity index (χ2n) is 3.21. The van der Waals surface area contributed by atoms with Gasteiger partial charge in [0.2, 0.25) is 5.88 Å². The second kappa shape index (κ2) is 4.32. The lowest BCUT2D eigenvalue weighted by Crippen LogP contribution is -2.19. The van der Waals surface area contributed by atoms with Gasteiger partial charge in [0.05, 0.1) is 6.61 Å². The van der Waals surface area contributed by atoms with Gasteiger partial charge in [0, 0.05) is 11.8 Å². The molecular weight excluding hydrogens is 210 g/mol. The molecule has 1 unspecified atom stereocenters. The number of aliphatic hydroxyl groups excluding tert-OH is 1. The first-order valence-corrected chi connectivity index (χ1v) is 4.91. The molecule has 1 aromatic heterocycles. The van der Waals surface area contributed by atoms with E-state index in [1.165, 1.54) is 6.26 Å². The Hall–Kier alpha value is -1.88. The fourth-order valence-corrected chi connectivity index (χ4v) is 1.44. The number of aromatic nitrogens is 1. The zero-order valence-electron chi connectivity index (χ0n) is 8.71. The van der Waals surface area contributed by atoms with E-state index in [0.29, 0.717) is 11.4 Å². The Morgan fingerprint density at radius 1 is 1.69 bits per heavy atom. The van der Waals surface area contributed by atoms with E-state index in [-0.39, 0.29) is 12.2 Å². The molecule has 5 nitrogen and oxygen atoms in total. The van der Waals surface area contributed by atoms with Gasteiger partial charge in [-0.15, -0.1) is 0 Å². The number of aliphatic hydroxyl groups is 1. The van der Waals surface area contributed by atoms with E-state index in [0.717, 1.165) is 0 Å². The van der Waals surface area contributed by atoms with E-state index in [2.05, 4.69) is 4.98 Å². The van der Waals surface area contributed by atoms with Crippen molar-refractivity contribution >= 4 is 5.97 Å².